The van der Waals surface area contributed by atoms with E-state index in [0.29, 0.717) is 13.2 Å². The Labute approximate surface area is 113 Å². The summed E-state index contributed by atoms with van der Waals surface area (Å²) in [4.78, 5) is 11.5. The van der Waals surface area contributed by atoms with Gasteiger partial charge in [-0.1, -0.05) is 12.1 Å². The van der Waals surface area contributed by atoms with Gasteiger partial charge >= 0.3 is 0 Å². The summed E-state index contributed by atoms with van der Waals surface area (Å²) in [7, 11) is 1.63. The molecule has 4 nitrogen and oxygen atoms in total. The zero-order valence-corrected chi connectivity index (χ0v) is 11.4. The van der Waals surface area contributed by atoms with Crippen molar-refractivity contribution in [2.45, 2.75) is 19.4 Å². The number of methoxy groups -OCH3 is 1. The number of hydrogen-bond acceptors (Lipinski definition) is 3. The van der Waals surface area contributed by atoms with Crippen LogP contribution in [0.4, 0.5) is 4.39 Å². The number of carbonyl (C=O) groups excluding carboxylic acids is 1. The Morgan fingerprint density at radius 3 is 2.68 bits per heavy atom. The van der Waals surface area contributed by atoms with Gasteiger partial charge in [0.15, 0.2) is 0 Å². The van der Waals surface area contributed by atoms with E-state index in [0.717, 1.165) is 12.0 Å². The zero-order chi connectivity index (χ0) is 14.1. The average molecular weight is 268 g/mol. The van der Waals surface area contributed by atoms with Crippen LogP contribution in [0.3, 0.4) is 0 Å². The summed E-state index contributed by atoms with van der Waals surface area (Å²) in [6.45, 7) is 3.43. The Morgan fingerprint density at radius 2 is 2.05 bits per heavy atom. The molecular weight excluding hydrogens is 247 g/mol. The molecule has 0 bridgehead atoms. The smallest absolute Gasteiger partial charge is 0.233 e. The van der Waals surface area contributed by atoms with Gasteiger partial charge in [0, 0.05) is 26.3 Å². The van der Waals surface area contributed by atoms with E-state index in [1.54, 1.807) is 19.2 Å². The molecule has 1 amide bonds. The predicted molar refractivity (Wildman–Crippen MR) is 72.3 cm³/mol. The topological polar surface area (TPSA) is 50.4 Å². The van der Waals surface area contributed by atoms with Crippen LogP contribution in [0.5, 0.6) is 0 Å². The maximum Gasteiger partial charge on any atom is 0.233 e. The van der Waals surface area contributed by atoms with E-state index in [1.165, 1.54) is 12.1 Å². The van der Waals surface area contributed by atoms with Crippen molar-refractivity contribution in [3.8, 4) is 0 Å². The van der Waals surface area contributed by atoms with Crippen LogP contribution in [-0.4, -0.2) is 32.7 Å². The lowest BCUT2D eigenvalue weighted by Gasteiger charge is -2.14. The number of rotatable bonds is 8. The Hall–Kier alpha value is -1.46. The zero-order valence-electron chi connectivity index (χ0n) is 11.4. The minimum Gasteiger partial charge on any atom is -0.385 e. The molecule has 0 heterocycles. The molecule has 106 valence electrons. The van der Waals surface area contributed by atoms with Gasteiger partial charge in [-0.2, -0.15) is 0 Å². The molecule has 0 aliphatic heterocycles. The lowest BCUT2D eigenvalue weighted by Crippen LogP contribution is -2.35. The molecule has 0 unspecified atom stereocenters. The number of halogens is 1. The molecule has 0 saturated heterocycles. The van der Waals surface area contributed by atoms with Crippen molar-refractivity contribution >= 4 is 5.91 Å². The third-order valence-corrected chi connectivity index (χ3v) is 2.79. The summed E-state index contributed by atoms with van der Waals surface area (Å²) in [5, 5.41) is 5.89. The van der Waals surface area contributed by atoms with Crippen molar-refractivity contribution in [1.82, 2.24) is 10.6 Å². The fourth-order valence-electron chi connectivity index (χ4n) is 1.62. The predicted octanol–water partition coefficient (Wildman–Crippen LogP) is 1.63. The summed E-state index contributed by atoms with van der Waals surface area (Å²) in [6.07, 6.45) is 0.801. The van der Waals surface area contributed by atoms with Crippen molar-refractivity contribution in [3.63, 3.8) is 0 Å². The SMILES string of the molecule is COCCCNC(=O)CN[C@@H](C)c1ccc(F)cc1. The first kappa shape index (κ1) is 15.6. The minimum atomic E-state index is -0.258. The van der Waals surface area contributed by atoms with Crippen LogP contribution in [0, 0.1) is 5.82 Å². The number of benzene rings is 1. The molecule has 0 spiro atoms. The van der Waals surface area contributed by atoms with Crippen LogP contribution in [0.1, 0.15) is 24.9 Å². The fraction of sp³-hybridized carbons (Fsp3) is 0.500. The summed E-state index contributed by atoms with van der Waals surface area (Å²) in [5.74, 6) is -0.308. The van der Waals surface area contributed by atoms with Gasteiger partial charge in [-0.25, -0.2) is 4.39 Å². The largest absolute Gasteiger partial charge is 0.385 e. The maximum absolute atomic E-state index is 12.8. The lowest BCUT2D eigenvalue weighted by atomic mass is 10.1. The molecule has 0 aliphatic rings. The van der Waals surface area contributed by atoms with E-state index >= 15 is 0 Å². The molecule has 1 aromatic carbocycles. The number of ether oxygens (including phenoxy) is 1. The van der Waals surface area contributed by atoms with Gasteiger partial charge in [-0.05, 0) is 31.0 Å². The molecule has 2 N–H and O–H groups in total. The standard InChI is InChI=1S/C14H21FN2O2/c1-11(12-4-6-13(15)7-5-12)17-10-14(18)16-8-3-9-19-2/h4-7,11,17H,3,8-10H2,1-2H3,(H,16,18)/t11-/m0/s1. The molecule has 0 saturated carbocycles. The Morgan fingerprint density at radius 1 is 1.37 bits per heavy atom. The minimum absolute atomic E-state index is 0.00493. The molecule has 1 aromatic rings. The van der Waals surface area contributed by atoms with Crippen molar-refractivity contribution in [2.24, 2.45) is 0 Å². The maximum atomic E-state index is 12.8. The molecule has 5 heteroatoms. The summed E-state index contributed by atoms with van der Waals surface area (Å²) in [5.41, 5.74) is 0.952. The number of carbonyl (C=O) groups is 1. The second kappa shape index (κ2) is 8.61. The summed E-state index contributed by atoms with van der Waals surface area (Å²) < 4.78 is 17.7. The average Bonchev–Trinajstić information content (AvgIpc) is 2.42. The van der Waals surface area contributed by atoms with Gasteiger partial charge < -0.3 is 15.4 Å². The molecule has 19 heavy (non-hydrogen) atoms. The highest BCUT2D eigenvalue weighted by atomic mass is 19.1. The van der Waals surface area contributed by atoms with E-state index in [9.17, 15) is 9.18 Å². The molecule has 0 radical (unpaired) electrons. The molecule has 0 fully saturated rings. The van der Waals surface area contributed by atoms with Crippen molar-refractivity contribution in [3.05, 3.63) is 35.6 Å². The van der Waals surface area contributed by atoms with Crippen LogP contribution < -0.4 is 10.6 Å². The van der Waals surface area contributed by atoms with Crippen molar-refractivity contribution in [1.29, 1.82) is 0 Å². The summed E-state index contributed by atoms with van der Waals surface area (Å²) in [6, 6.07) is 6.26. The van der Waals surface area contributed by atoms with E-state index in [1.807, 2.05) is 6.92 Å². The Balaban J connectivity index is 2.24. The van der Waals surface area contributed by atoms with Crippen LogP contribution >= 0.6 is 0 Å². The molecule has 1 atom stereocenters. The van der Waals surface area contributed by atoms with Crippen LogP contribution in [0.2, 0.25) is 0 Å². The van der Waals surface area contributed by atoms with Gasteiger partial charge in [-0.3, -0.25) is 4.79 Å². The highest BCUT2D eigenvalue weighted by molar-refractivity contribution is 5.77. The quantitative estimate of drug-likeness (QED) is 0.705. The first-order valence-corrected chi connectivity index (χ1v) is 6.38. The molecular formula is C14H21FN2O2. The highest BCUT2D eigenvalue weighted by Gasteiger charge is 2.07. The number of amides is 1. The van der Waals surface area contributed by atoms with Crippen LogP contribution in [0.15, 0.2) is 24.3 Å². The van der Waals surface area contributed by atoms with E-state index in [2.05, 4.69) is 10.6 Å². The van der Waals surface area contributed by atoms with E-state index in [-0.39, 0.29) is 24.3 Å². The molecule has 0 aromatic heterocycles. The summed E-state index contributed by atoms with van der Waals surface area (Å²) >= 11 is 0. The van der Waals surface area contributed by atoms with Crippen LogP contribution in [-0.2, 0) is 9.53 Å². The van der Waals surface area contributed by atoms with Gasteiger partial charge in [0.2, 0.25) is 5.91 Å². The van der Waals surface area contributed by atoms with Crippen molar-refractivity contribution < 1.29 is 13.9 Å². The number of hydrogen-bond donors (Lipinski definition) is 2. The van der Waals surface area contributed by atoms with Crippen LogP contribution in [0.25, 0.3) is 0 Å². The van der Waals surface area contributed by atoms with Crippen molar-refractivity contribution in [2.75, 3.05) is 26.8 Å². The fourth-order valence-corrected chi connectivity index (χ4v) is 1.62. The third kappa shape index (κ3) is 6.31. The van der Waals surface area contributed by atoms with Gasteiger partial charge in [0.05, 0.1) is 6.54 Å². The van der Waals surface area contributed by atoms with Gasteiger partial charge in [0.1, 0.15) is 5.82 Å². The van der Waals surface area contributed by atoms with E-state index in [4.69, 9.17) is 4.74 Å². The second-order valence-corrected chi connectivity index (χ2v) is 4.35. The van der Waals surface area contributed by atoms with Gasteiger partial charge in [-0.15, -0.1) is 0 Å². The van der Waals surface area contributed by atoms with Gasteiger partial charge in [0.25, 0.3) is 0 Å². The highest BCUT2D eigenvalue weighted by Crippen LogP contribution is 2.12. The Bertz CT molecular complexity index is 382. The number of nitrogens with one attached hydrogen (secondary N) is 2. The first-order valence-electron chi connectivity index (χ1n) is 6.38. The first-order chi connectivity index (χ1) is 9.13. The Kier molecular flexibility index (Phi) is 7.07. The second-order valence-electron chi connectivity index (χ2n) is 4.35. The lowest BCUT2D eigenvalue weighted by molar-refractivity contribution is -0.120. The normalized spacial score (nSPS) is 12.2. The molecule has 1 rings (SSSR count). The third-order valence-electron chi connectivity index (χ3n) is 2.79. The monoisotopic (exact) mass is 268 g/mol. The van der Waals surface area contributed by atoms with E-state index < -0.39 is 0 Å². The molecule has 0 aliphatic carbocycles.